The lowest BCUT2D eigenvalue weighted by Crippen LogP contribution is -2.35. The minimum absolute atomic E-state index is 0. The van der Waals surface area contributed by atoms with Crippen molar-refractivity contribution < 1.29 is 4.79 Å². The number of carbonyl (C=O) groups excluding carboxylic acids is 1. The van der Waals surface area contributed by atoms with Gasteiger partial charge in [0, 0.05) is 5.69 Å². The number of benzene rings is 1. The summed E-state index contributed by atoms with van der Waals surface area (Å²) in [5.74, 6) is 0.0301. The van der Waals surface area contributed by atoms with Crippen LogP contribution in [0.25, 0.3) is 5.69 Å². The maximum atomic E-state index is 11.9. The van der Waals surface area contributed by atoms with Crippen LogP contribution in [0.1, 0.15) is 12.8 Å². The highest BCUT2D eigenvalue weighted by Gasteiger charge is 2.21. The van der Waals surface area contributed by atoms with Crippen molar-refractivity contribution in [2.24, 2.45) is 0 Å². The molecule has 2 aromatic rings. The van der Waals surface area contributed by atoms with Gasteiger partial charge in [-0.25, -0.2) is 0 Å². The van der Waals surface area contributed by atoms with Crippen molar-refractivity contribution in [3.8, 4) is 5.69 Å². The van der Waals surface area contributed by atoms with Gasteiger partial charge >= 0.3 is 0 Å². The molecule has 6 nitrogen and oxygen atoms in total. The predicted octanol–water partition coefficient (Wildman–Crippen LogP) is 1.38. The zero-order chi connectivity index (χ0) is 13.1. The number of aromatic nitrogens is 3. The Balaban J connectivity index is 0.00000147. The summed E-state index contributed by atoms with van der Waals surface area (Å²) in [7, 11) is 0. The van der Waals surface area contributed by atoms with E-state index in [9.17, 15) is 4.79 Å². The Morgan fingerprint density at radius 3 is 2.55 bits per heavy atom. The van der Waals surface area contributed by atoms with Crippen molar-refractivity contribution >= 4 is 24.0 Å². The number of nitrogens with one attached hydrogen (secondary N) is 2. The second-order valence-corrected chi connectivity index (χ2v) is 4.50. The van der Waals surface area contributed by atoms with Gasteiger partial charge in [-0.15, -0.1) is 12.4 Å². The average molecular weight is 294 g/mol. The number of rotatable bonds is 3. The Morgan fingerprint density at radius 2 is 1.95 bits per heavy atom. The van der Waals surface area contributed by atoms with E-state index in [-0.39, 0.29) is 24.4 Å². The van der Waals surface area contributed by atoms with E-state index in [1.54, 1.807) is 12.4 Å². The van der Waals surface area contributed by atoms with Gasteiger partial charge in [0.2, 0.25) is 5.91 Å². The summed E-state index contributed by atoms with van der Waals surface area (Å²) >= 11 is 0. The van der Waals surface area contributed by atoms with Crippen molar-refractivity contribution in [2.45, 2.75) is 18.9 Å². The lowest BCUT2D eigenvalue weighted by Gasteiger charge is -2.11. The maximum absolute atomic E-state index is 11.9. The summed E-state index contributed by atoms with van der Waals surface area (Å²) in [5, 5.41) is 14.2. The largest absolute Gasteiger partial charge is 0.325 e. The molecule has 2 heterocycles. The highest BCUT2D eigenvalue weighted by atomic mass is 35.5. The van der Waals surface area contributed by atoms with Crippen molar-refractivity contribution in [2.75, 3.05) is 11.9 Å². The van der Waals surface area contributed by atoms with Crippen LogP contribution in [0.3, 0.4) is 0 Å². The van der Waals surface area contributed by atoms with Gasteiger partial charge in [0.05, 0.1) is 24.1 Å². The summed E-state index contributed by atoms with van der Waals surface area (Å²) < 4.78 is 0. The quantitative estimate of drug-likeness (QED) is 0.897. The van der Waals surface area contributed by atoms with Crippen LogP contribution in [0.4, 0.5) is 5.69 Å². The molecule has 0 saturated carbocycles. The molecule has 1 saturated heterocycles. The van der Waals surface area contributed by atoms with Crippen LogP contribution in [-0.2, 0) is 4.79 Å². The first kappa shape index (κ1) is 14.5. The number of hydrogen-bond donors (Lipinski definition) is 2. The normalized spacial score (nSPS) is 17.5. The molecule has 106 valence electrons. The van der Waals surface area contributed by atoms with Crippen LogP contribution in [0, 0.1) is 0 Å². The molecular weight excluding hydrogens is 278 g/mol. The molecule has 0 unspecified atom stereocenters. The van der Waals surface area contributed by atoms with Crippen LogP contribution in [0.2, 0.25) is 0 Å². The summed E-state index contributed by atoms with van der Waals surface area (Å²) in [6, 6.07) is 7.39. The minimum Gasteiger partial charge on any atom is -0.325 e. The fourth-order valence-electron chi connectivity index (χ4n) is 2.16. The van der Waals surface area contributed by atoms with E-state index in [1.807, 2.05) is 24.3 Å². The third kappa shape index (κ3) is 3.15. The van der Waals surface area contributed by atoms with Crippen LogP contribution in [0.5, 0.6) is 0 Å². The number of anilines is 1. The van der Waals surface area contributed by atoms with Crippen molar-refractivity contribution in [1.29, 1.82) is 0 Å². The molecule has 1 aliphatic heterocycles. The summed E-state index contributed by atoms with van der Waals surface area (Å²) in [6.45, 7) is 0.919. The Kier molecular flexibility index (Phi) is 4.70. The third-order valence-corrected chi connectivity index (χ3v) is 3.16. The average Bonchev–Trinajstić information content (AvgIpc) is 3.13. The van der Waals surface area contributed by atoms with Crippen LogP contribution in [0.15, 0.2) is 36.7 Å². The molecule has 2 N–H and O–H groups in total. The van der Waals surface area contributed by atoms with Crippen LogP contribution < -0.4 is 10.6 Å². The molecule has 1 aliphatic rings. The highest BCUT2D eigenvalue weighted by Crippen LogP contribution is 2.13. The zero-order valence-corrected chi connectivity index (χ0v) is 11.6. The Labute approximate surface area is 123 Å². The van der Waals surface area contributed by atoms with Crippen LogP contribution >= 0.6 is 12.4 Å². The minimum atomic E-state index is -0.0625. The fraction of sp³-hybridized carbons (Fsp3) is 0.308. The second kappa shape index (κ2) is 6.49. The van der Waals surface area contributed by atoms with Gasteiger partial charge in [-0.05, 0) is 43.7 Å². The molecule has 20 heavy (non-hydrogen) atoms. The van der Waals surface area contributed by atoms with E-state index >= 15 is 0 Å². The Morgan fingerprint density at radius 1 is 1.25 bits per heavy atom. The van der Waals surface area contributed by atoms with Crippen molar-refractivity contribution in [1.82, 2.24) is 20.3 Å². The van der Waals surface area contributed by atoms with Gasteiger partial charge in [-0.3, -0.25) is 4.79 Å². The Bertz CT molecular complexity index is 549. The molecular formula is C13H16ClN5O. The topological polar surface area (TPSA) is 71.8 Å². The molecule has 1 aromatic heterocycles. The molecule has 1 amide bonds. The van der Waals surface area contributed by atoms with Gasteiger partial charge in [-0.2, -0.15) is 15.0 Å². The van der Waals surface area contributed by atoms with E-state index in [0.717, 1.165) is 30.8 Å². The standard InChI is InChI=1S/C13H15N5O.ClH/c19-13(12-2-1-7-14-12)17-10-3-5-11(6-4-10)18-15-8-9-16-18;/h3-6,8-9,12,14H,1-2,7H2,(H,17,19);1H/t12-;/m0./s1. The molecule has 0 bridgehead atoms. The first-order valence-electron chi connectivity index (χ1n) is 6.34. The van der Waals surface area contributed by atoms with E-state index < -0.39 is 0 Å². The van der Waals surface area contributed by atoms with Gasteiger partial charge in [-0.1, -0.05) is 0 Å². The number of carbonyl (C=O) groups is 1. The molecule has 0 spiro atoms. The number of hydrogen-bond acceptors (Lipinski definition) is 4. The van der Waals surface area contributed by atoms with E-state index in [1.165, 1.54) is 4.80 Å². The van der Waals surface area contributed by atoms with Gasteiger partial charge in [0.25, 0.3) is 0 Å². The zero-order valence-electron chi connectivity index (χ0n) is 10.8. The predicted molar refractivity (Wildman–Crippen MR) is 78.3 cm³/mol. The summed E-state index contributed by atoms with van der Waals surface area (Å²) in [5.41, 5.74) is 1.65. The lowest BCUT2D eigenvalue weighted by molar-refractivity contribution is -0.117. The van der Waals surface area contributed by atoms with Crippen molar-refractivity contribution in [3.63, 3.8) is 0 Å². The fourth-order valence-corrected chi connectivity index (χ4v) is 2.16. The summed E-state index contributed by atoms with van der Waals surface area (Å²) in [4.78, 5) is 13.5. The Hall–Kier alpha value is -1.92. The molecule has 1 aromatic carbocycles. The maximum Gasteiger partial charge on any atom is 0.241 e. The van der Waals surface area contributed by atoms with Gasteiger partial charge in [0.1, 0.15) is 0 Å². The summed E-state index contributed by atoms with van der Waals surface area (Å²) in [6.07, 6.45) is 5.21. The smallest absolute Gasteiger partial charge is 0.241 e. The number of nitrogens with zero attached hydrogens (tertiary/aromatic N) is 3. The monoisotopic (exact) mass is 293 g/mol. The first-order valence-corrected chi connectivity index (χ1v) is 6.34. The molecule has 0 radical (unpaired) electrons. The number of amides is 1. The van der Waals surface area contributed by atoms with Crippen LogP contribution in [-0.4, -0.2) is 33.5 Å². The lowest BCUT2D eigenvalue weighted by atomic mass is 10.2. The van der Waals surface area contributed by atoms with E-state index in [0.29, 0.717) is 0 Å². The number of halogens is 1. The van der Waals surface area contributed by atoms with E-state index in [4.69, 9.17) is 0 Å². The van der Waals surface area contributed by atoms with Gasteiger partial charge in [0.15, 0.2) is 0 Å². The molecule has 1 fully saturated rings. The molecule has 0 aliphatic carbocycles. The third-order valence-electron chi connectivity index (χ3n) is 3.16. The SMILES string of the molecule is Cl.O=C(Nc1ccc(-n2nccn2)cc1)[C@@H]1CCCN1. The van der Waals surface area contributed by atoms with Crippen molar-refractivity contribution in [3.05, 3.63) is 36.7 Å². The molecule has 1 atom stereocenters. The molecule has 7 heteroatoms. The molecule has 3 rings (SSSR count). The second-order valence-electron chi connectivity index (χ2n) is 4.50. The van der Waals surface area contributed by atoms with E-state index in [2.05, 4.69) is 20.8 Å². The van der Waals surface area contributed by atoms with Gasteiger partial charge < -0.3 is 10.6 Å². The highest BCUT2D eigenvalue weighted by molar-refractivity contribution is 5.95. The first-order chi connectivity index (χ1) is 9.33.